The van der Waals surface area contributed by atoms with Crippen LogP contribution in [0.25, 0.3) is 0 Å². The lowest BCUT2D eigenvalue weighted by Gasteiger charge is -2.13. The fourth-order valence-electron chi connectivity index (χ4n) is 1.83. The first kappa shape index (κ1) is 17.1. The van der Waals surface area contributed by atoms with Crippen LogP contribution in [0.2, 0.25) is 0 Å². The van der Waals surface area contributed by atoms with E-state index in [1.165, 1.54) is 11.3 Å². The molecule has 2 aromatic rings. The van der Waals surface area contributed by atoms with E-state index in [4.69, 9.17) is 0 Å². The standard InChI is InChI=1S/C17H21N3O2S/c1-17(2,3)16-20-10-13(23-16)15(22)19-11-14(21)18-9-12-7-5-4-6-8-12/h4-8,10H,9,11H2,1-3H3,(H,18,21)(H,19,22). The van der Waals surface area contributed by atoms with Crippen molar-refractivity contribution in [3.8, 4) is 0 Å². The minimum atomic E-state index is -0.270. The summed E-state index contributed by atoms with van der Waals surface area (Å²) >= 11 is 1.35. The summed E-state index contributed by atoms with van der Waals surface area (Å²) < 4.78 is 0. The van der Waals surface area contributed by atoms with Gasteiger partial charge in [-0.15, -0.1) is 11.3 Å². The number of nitrogens with one attached hydrogen (secondary N) is 2. The Balaban J connectivity index is 1.80. The molecular weight excluding hydrogens is 310 g/mol. The predicted molar refractivity (Wildman–Crippen MR) is 91.4 cm³/mol. The zero-order chi connectivity index (χ0) is 16.9. The van der Waals surface area contributed by atoms with Crippen molar-refractivity contribution >= 4 is 23.2 Å². The molecule has 2 amide bonds. The van der Waals surface area contributed by atoms with Crippen molar-refractivity contribution in [2.75, 3.05) is 6.54 Å². The number of aromatic nitrogens is 1. The number of hydrogen-bond donors (Lipinski definition) is 2. The maximum absolute atomic E-state index is 12.0. The van der Waals surface area contributed by atoms with Gasteiger partial charge in [-0.1, -0.05) is 51.1 Å². The highest BCUT2D eigenvalue weighted by Crippen LogP contribution is 2.26. The molecule has 0 aliphatic heterocycles. The minimum absolute atomic E-state index is 0.0472. The second-order valence-electron chi connectivity index (χ2n) is 6.22. The molecule has 122 valence electrons. The quantitative estimate of drug-likeness (QED) is 0.884. The van der Waals surface area contributed by atoms with Gasteiger partial charge in [-0.25, -0.2) is 4.98 Å². The maximum Gasteiger partial charge on any atom is 0.263 e. The van der Waals surface area contributed by atoms with Gasteiger partial charge in [0.2, 0.25) is 5.91 Å². The average Bonchev–Trinajstić information content (AvgIpc) is 3.02. The summed E-state index contributed by atoms with van der Waals surface area (Å²) in [5, 5.41) is 6.29. The van der Waals surface area contributed by atoms with Crippen molar-refractivity contribution in [2.24, 2.45) is 0 Å². The molecule has 0 spiro atoms. The van der Waals surface area contributed by atoms with Gasteiger partial charge in [0.05, 0.1) is 17.7 Å². The van der Waals surface area contributed by atoms with E-state index in [1.807, 2.05) is 51.1 Å². The molecule has 5 nitrogen and oxygen atoms in total. The molecule has 0 saturated carbocycles. The first-order chi connectivity index (χ1) is 10.9. The summed E-state index contributed by atoms with van der Waals surface area (Å²) in [5.41, 5.74) is 0.931. The first-order valence-corrected chi connectivity index (χ1v) is 8.23. The average molecular weight is 331 g/mol. The van der Waals surface area contributed by atoms with Gasteiger partial charge in [-0.2, -0.15) is 0 Å². The summed E-state index contributed by atoms with van der Waals surface area (Å²) in [6, 6.07) is 9.63. The molecule has 0 unspecified atom stereocenters. The number of thiazole rings is 1. The summed E-state index contributed by atoms with van der Waals surface area (Å²) in [4.78, 5) is 28.6. The zero-order valence-electron chi connectivity index (χ0n) is 13.6. The van der Waals surface area contributed by atoms with Gasteiger partial charge in [0, 0.05) is 12.0 Å². The van der Waals surface area contributed by atoms with Crippen molar-refractivity contribution in [3.05, 3.63) is 52.0 Å². The van der Waals surface area contributed by atoms with Gasteiger partial charge < -0.3 is 10.6 Å². The van der Waals surface area contributed by atoms with Crippen LogP contribution >= 0.6 is 11.3 Å². The van der Waals surface area contributed by atoms with Crippen LogP contribution in [0.15, 0.2) is 36.5 Å². The third-order valence-electron chi connectivity index (χ3n) is 3.11. The summed E-state index contributed by atoms with van der Waals surface area (Å²) in [6.07, 6.45) is 1.56. The third kappa shape index (κ3) is 5.17. The molecule has 1 aromatic carbocycles. The summed E-state index contributed by atoms with van der Waals surface area (Å²) in [7, 11) is 0. The Kier molecular flexibility index (Phi) is 5.50. The van der Waals surface area contributed by atoms with Crippen molar-refractivity contribution in [1.29, 1.82) is 0 Å². The second kappa shape index (κ2) is 7.37. The zero-order valence-corrected chi connectivity index (χ0v) is 14.4. The molecule has 1 heterocycles. The summed E-state index contributed by atoms with van der Waals surface area (Å²) in [5.74, 6) is -0.490. The van der Waals surface area contributed by atoms with Gasteiger partial charge in [-0.3, -0.25) is 9.59 Å². The van der Waals surface area contributed by atoms with Crippen LogP contribution < -0.4 is 10.6 Å². The van der Waals surface area contributed by atoms with Crippen LogP contribution in [-0.4, -0.2) is 23.3 Å². The molecule has 23 heavy (non-hydrogen) atoms. The molecule has 6 heteroatoms. The fourth-order valence-corrected chi connectivity index (χ4v) is 2.72. The number of hydrogen-bond acceptors (Lipinski definition) is 4. The van der Waals surface area contributed by atoms with Crippen molar-refractivity contribution in [2.45, 2.75) is 32.7 Å². The van der Waals surface area contributed by atoms with Gasteiger partial charge in [-0.05, 0) is 5.56 Å². The molecular formula is C17H21N3O2S. The Morgan fingerprint density at radius 2 is 1.83 bits per heavy atom. The summed E-state index contributed by atoms with van der Waals surface area (Å²) in [6.45, 7) is 6.54. The largest absolute Gasteiger partial charge is 0.350 e. The van der Waals surface area contributed by atoms with Crippen LogP contribution in [0, 0.1) is 0 Å². The number of benzene rings is 1. The maximum atomic E-state index is 12.0. The minimum Gasteiger partial charge on any atom is -0.350 e. The highest BCUT2D eigenvalue weighted by atomic mass is 32.1. The molecule has 0 saturated heterocycles. The normalized spacial score (nSPS) is 11.1. The molecule has 0 fully saturated rings. The molecule has 2 N–H and O–H groups in total. The van der Waals surface area contributed by atoms with Gasteiger partial charge in [0.1, 0.15) is 4.88 Å². The van der Waals surface area contributed by atoms with E-state index in [2.05, 4.69) is 15.6 Å². The molecule has 0 aliphatic carbocycles. The Labute approximate surface area is 140 Å². The molecule has 0 bridgehead atoms. The lowest BCUT2D eigenvalue weighted by atomic mass is 9.98. The Bertz CT molecular complexity index is 675. The van der Waals surface area contributed by atoms with Crippen molar-refractivity contribution < 1.29 is 9.59 Å². The highest BCUT2D eigenvalue weighted by molar-refractivity contribution is 7.13. The van der Waals surface area contributed by atoms with Crippen molar-refractivity contribution in [1.82, 2.24) is 15.6 Å². The van der Waals surface area contributed by atoms with E-state index < -0.39 is 0 Å². The van der Waals surface area contributed by atoms with Crippen LogP contribution in [-0.2, 0) is 16.8 Å². The number of rotatable bonds is 5. The Hall–Kier alpha value is -2.21. The SMILES string of the molecule is CC(C)(C)c1ncc(C(=O)NCC(=O)NCc2ccccc2)s1. The highest BCUT2D eigenvalue weighted by Gasteiger charge is 2.20. The van der Waals surface area contributed by atoms with E-state index in [9.17, 15) is 9.59 Å². The van der Waals surface area contributed by atoms with Crippen LogP contribution in [0.5, 0.6) is 0 Å². The monoisotopic (exact) mass is 331 g/mol. The van der Waals surface area contributed by atoms with E-state index in [0.717, 1.165) is 10.6 Å². The fraction of sp³-hybridized carbons (Fsp3) is 0.353. The smallest absolute Gasteiger partial charge is 0.263 e. The number of amides is 2. The van der Waals surface area contributed by atoms with E-state index in [0.29, 0.717) is 11.4 Å². The number of nitrogens with zero attached hydrogens (tertiary/aromatic N) is 1. The van der Waals surface area contributed by atoms with Gasteiger partial charge in [0.25, 0.3) is 5.91 Å². The molecule has 0 atom stereocenters. The van der Waals surface area contributed by atoms with E-state index in [-0.39, 0.29) is 23.8 Å². The van der Waals surface area contributed by atoms with E-state index in [1.54, 1.807) is 6.20 Å². The van der Waals surface area contributed by atoms with Crippen LogP contribution in [0.1, 0.15) is 41.0 Å². The van der Waals surface area contributed by atoms with Crippen molar-refractivity contribution in [3.63, 3.8) is 0 Å². The number of carbonyl (C=O) groups is 2. The lowest BCUT2D eigenvalue weighted by molar-refractivity contribution is -0.120. The van der Waals surface area contributed by atoms with Crippen LogP contribution in [0.4, 0.5) is 0 Å². The molecule has 2 rings (SSSR count). The molecule has 0 aliphatic rings. The Morgan fingerprint density at radius 1 is 1.13 bits per heavy atom. The molecule has 1 aromatic heterocycles. The predicted octanol–water partition coefficient (Wildman–Crippen LogP) is 2.49. The van der Waals surface area contributed by atoms with Crippen LogP contribution in [0.3, 0.4) is 0 Å². The lowest BCUT2D eigenvalue weighted by Crippen LogP contribution is -2.36. The first-order valence-electron chi connectivity index (χ1n) is 7.41. The van der Waals surface area contributed by atoms with E-state index >= 15 is 0 Å². The third-order valence-corrected chi connectivity index (χ3v) is 4.53. The molecule has 0 radical (unpaired) electrons. The van der Waals surface area contributed by atoms with Gasteiger partial charge >= 0.3 is 0 Å². The van der Waals surface area contributed by atoms with Gasteiger partial charge in [0.15, 0.2) is 0 Å². The Morgan fingerprint density at radius 3 is 2.43 bits per heavy atom. The second-order valence-corrected chi connectivity index (χ2v) is 7.26. The number of carbonyl (C=O) groups excluding carboxylic acids is 2. The topological polar surface area (TPSA) is 71.1 Å².